The van der Waals surface area contributed by atoms with Gasteiger partial charge in [-0.15, -0.1) is 0 Å². The number of pyridine rings is 1. The van der Waals surface area contributed by atoms with Gasteiger partial charge in [0.15, 0.2) is 11.5 Å². The Balaban J connectivity index is 2.27. The van der Waals surface area contributed by atoms with Crippen LogP contribution in [0.1, 0.15) is 15.9 Å². The Labute approximate surface area is 150 Å². The van der Waals surface area contributed by atoms with Crippen LogP contribution < -0.4 is 20.5 Å². The van der Waals surface area contributed by atoms with Crippen molar-refractivity contribution in [1.29, 1.82) is 0 Å². The maximum Gasteiger partial charge on any atom is 0.252 e. The van der Waals surface area contributed by atoms with E-state index in [0.29, 0.717) is 39.3 Å². The van der Waals surface area contributed by atoms with E-state index in [2.05, 4.69) is 10.3 Å². The standard InChI is InChI=1S/C19H19N3O4/c1-10-13(5-4-6-15(10)23)22-18-11-7-16(25-2)17(26-3)8-14(11)21-9-12(18)19(20)24/h4-9,23H,1-3H3,(H2,20,24)(H,21,22). The lowest BCUT2D eigenvalue weighted by Crippen LogP contribution is -2.14. The molecule has 0 saturated carbocycles. The Morgan fingerprint density at radius 1 is 1.19 bits per heavy atom. The Hall–Kier alpha value is -3.48. The third-order valence-electron chi connectivity index (χ3n) is 4.20. The van der Waals surface area contributed by atoms with Gasteiger partial charge in [-0.05, 0) is 25.1 Å². The highest BCUT2D eigenvalue weighted by molar-refractivity contribution is 6.08. The van der Waals surface area contributed by atoms with Crippen LogP contribution in [-0.4, -0.2) is 30.2 Å². The normalized spacial score (nSPS) is 10.6. The van der Waals surface area contributed by atoms with Crippen LogP contribution in [0, 0.1) is 6.92 Å². The van der Waals surface area contributed by atoms with Crippen molar-refractivity contribution in [3.8, 4) is 17.2 Å². The highest BCUT2D eigenvalue weighted by Gasteiger charge is 2.17. The lowest BCUT2D eigenvalue weighted by Gasteiger charge is -2.17. The minimum Gasteiger partial charge on any atom is -0.508 e. The van der Waals surface area contributed by atoms with Crippen LogP contribution in [0.2, 0.25) is 0 Å². The zero-order valence-corrected chi connectivity index (χ0v) is 14.7. The minimum absolute atomic E-state index is 0.147. The van der Waals surface area contributed by atoms with E-state index in [1.54, 1.807) is 37.3 Å². The van der Waals surface area contributed by atoms with Gasteiger partial charge in [0.1, 0.15) is 5.75 Å². The van der Waals surface area contributed by atoms with Crippen LogP contribution in [0.25, 0.3) is 10.9 Å². The number of hydrogen-bond donors (Lipinski definition) is 3. The molecule has 0 bridgehead atoms. The van der Waals surface area contributed by atoms with Gasteiger partial charge in [0.2, 0.25) is 0 Å². The number of primary amides is 1. The second-order valence-corrected chi connectivity index (χ2v) is 5.71. The van der Waals surface area contributed by atoms with Gasteiger partial charge in [0.25, 0.3) is 5.91 Å². The molecule has 1 aromatic heterocycles. The number of rotatable bonds is 5. The van der Waals surface area contributed by atoms with Crippen molar-refractivity contribution >= 4 is 28.2 Å². The van der Waals surface area contributed by atoms with Crippen LogP contribution in [0.3, 0.4) is 0 Å². The summed E-state index contributed by atoms with van der Waals surface area (Å²) < 4.78 is 10.7. The number of ether oxygens (including phenoxy) is 2. The topological polar surface area (TPSA) is 107 Å². The summed E-state index contributed by atoms with van der Waals surface area (Å²) in [5.41, 5.74) is 8.14. The fraction of sp³-hybridized carbons (Fsp3) is 0.158. The number of nitrogens with one attached hydrogen (secondary N) is 1. The molecular weight excluding hydrogens is 334 g/mol. The summed E-state index contributed by atoms with van der Waals surface area (Å²) in [5.74, 6) is 0.556. The van der Waals surface area contributed by atoms with E-state index in [1.807, 2.05) is 0 Å². The third-order valence-corrected chi connectivity index (χ3v) is 4.20. The van der Waals surface area contributed by atoms with Gasteiger partial charge in [0, 0.05) is 28.9 Å². The van der Waals surface area contributed by atoms with Gasteiger partial charge in [-0.1, -0.05) is 6.07 Å². The second-order valence-electron chi connectivity index (χ2n) is 5.71. The van der Waals surface area contributed by atoms with Crippen molar-refractivity contribution in [3.05, 3.63) is 47.7 Å². The van der Waals surface area contributed by atoms with Crippen molar-refractivity contribution in [1.82, 2.24) is 4.98 Å². The first-order valence-electron chi connectivity index (χ1n) is 7.86. The number of benzene rings is 2. The fourth-order valence-corrected chi connectivity index (χ4v) is 2.73. The zero-order valence-electron chi connectivity index (χ0n) is 14.7. The predicted octanol–water partition coefficient (Wildman–Crippen LogP) is 3.11. The van der Waals surface area contributed by atoms with Gasteiger partial charge < -0.3 is 25.6 Å². The van der Waals surface area contributed by atoms with Gasteiger partial charge in [-0.3, -0.25) is 9.78 Å². The largest absolute Gasteiger partial charge is 0.508 e. The summed E-state index contributed by atoms with van der Waals surface area (Å²) in [4.78, 5) is 16.2. The summed E-state index contributed by atoms with van der Waals surface area (Å²) in [7, 11) is 3.07. The van der Waals surface area contributed by atoms with Crippen LogP contribution in [0.5, 0.6) is 17.2 Å². The summed E-state index contributed by atoms with van der Waals surface area (Å²) >= 11 is 0. The molecule has 1 amide bonds. The van der Waals surface area contributed by atoms with E-state index in [-0.39, 0.29) is 11.3 Å². The van der Waals surface area contributed by atoms with Gasteiger partial charge >= 0.3 is 0 Å². The van der Waals surface area contributed by atoms with E-state index < -0.39 is 5.91 Å². The van der Waals surface area contributed by atoms with Crippen molar-refractivity contribution in [2.45, 2.75) is 6.92 Å². The summed E-state index contributed by atoms with van der Waals surface area (Å²) in [6, 6.07) is 8.55. The molecule has 134 valence electrons. The summed E-state index contributed by atoms with van der Waals surface area (Å²) in [6.45, 7) is 1.77. The van der Waals surface area contributed by atoms with Crippen LogP contribution in [0.4, 0.5) is 11.4 Å². The smallest absolute Gasteiger partial charge is 0.252 e. The average molecular weight is 353 g/mol. The Bertz CT molecular complexity index is 1000. The highest BCUT2D eigenvalue weighted by atomic mass is 16.5. The molecule has 26 heavy (non-hydrogen) atoms. The van der Waals surface area contributed by atoms with E-state index >= 15 is 0 Å². The maximum atomic E-state index is 11.9. The summed E-state index contributed by atoms with van der Waals surface area (Å²) in [6.07, 6.45) is 1.41. The van der Waals surface area contributed by atoms with Gasteiger partial charge in [0.05, 0.1) is 31.0 Å². The molecule has 7 heteroatoms. The van der Waals surface area contributed by atoms with E-state index in [9.17, 15) is 9.90 Å². The van der Waals surface area contributed by atoms with Crippen molar-refractivity contribution < 1.29 is 19.4 Å². The number of methoxy groups -OCH3 is 2. The van der Waals surface area contributed by atoms with Gasteiger partial charge in [-0.25, -0.2) is 0 Å². The van der Waals surface area contributed by atoms with Crippen LogP contribution in [0.15, 0.2) is 36.5 Å². The Kier molecular flexibility index (Phi) is 4.53. The molecule has 4 N–H and O–H groups in total. The van der Waals surface area contributed by atoms with E-state index in [4.69, 9.17) is 15.2 Å². The molecule has 0 fully saturated rings. The number of carbonyl (C=O) groups excluding carboxylic acids is 1. The molecule has 7 nitrogen and oxygen atoms in total. The number of fused-ring (bicyclic) bond motifs is 1. The first-order chi connectivity index (χ1) is 12.5. The second kappa shape index (κ2) is 6.79. The van der Waals surface area contributed by atoms with Gasteiger partial charge in [-0.2, -0.15) is 0 Å². The molecule has 0 unspecified atom stereocenters. The highest BCUT2D eigenvalue weighted by Crippen LogP contribution is 2.38. The predicted molar refractivity (Wildman–Crippen MR) is 99.5 cm³/mol. The fourth-order valence-electron chi connectivity index (χ4n) is 2.73. The molecular formula is C19H19N3O4. The average Bonchev–Trinajstić information content (AvgIpc) is 2.64. The number of aromatic hydroxyl groups is 1. The first kappa shape index (κ1) is 17.3. The molecule has 0 atom stereocenters. The van der Waals surface area contributed by atoms with E-state index in [0.717, 1.165) is 0 Å². The minimum atomic E-state index is -0.616. The number of nitrogens with two attached hydrogens (primary N) is 1. The molecule has 3 aromatic rings. The number of phenolic OH excluding ortho intramolecular Hbond substituents is 1. The number of carbonyl (C=O) groups is 1. The molecule has 0 spiro atoms. The SMILES string of the molecule is COc1cc2ncc(C(N)=O)c(Nc3cccc(O)c3C)c2cc1OC. The van der Waals surface area contributed by atoms with Crippen LogP contribution >= 0.6 is 0 Å². The lowest BCUT2D eigenvalue weighted by molar-refractivity contribution is 0.100. The molecule has 0 radical (unpaired) electrons. The monoisotopic (exact) mass is 353 g/mol. The lowest BCUT2D eigenvalue weighted by atomic mass is 10.1. The molecule has 1 heterocycles. The van der Waals surface area contributed by atoms with E-state index in [1.165, 1.54) is 20.4 Å². The number of amides is 1. The maximum absolute atomic E-state index is 11.9. The molecule has 0 aliphatic carbocycles. The number of aromatic nitrogens is 1. The first-order valence-corrected chi connectivity index (χ1v) is 7.86. The molecule has 0 aliphatic heterocycles. The summed E-state index contributed by atoms with van der Waals surface area (Å²) in [5, 5.41) is 13.8. The molecule has 2 aromatic carbocycles. The zero-order chi connectivity index (χ0) is 18.8. The molecule has 0 aliphatic rings. The Morgan fingerprint density at radius 2 is 1.88 bits per heavy atom. The number of anilines is 2. The molecule has 0 saturated heterocycles. The van der Waals surface area contributed by atoms with Crippen LogP contribution in [-0.2, 0) is 0 Å². The van der Waals surface area contributed by atoms with Crippen molar-refractivity contribution in [2.75, 3.05) is 19.5 Å². The number of phenols is 1. The van der Waals surface area contributed by atoms with Crippen molar-refractivity contribution in [3.63, 3.8) is 0 Å². The number of hydrogen-bond acceptors (Lipinski definition) is 6. The quantitative estimate of drug-likeness (QED) is 0.651. The molecule has 3 rings (SSSR count). The Morgan fingerprint density at radius 3 is 2.54 bits per heavy atom. The number of nitrogens with zero attached hydrogens (tertiary/aromatic N) is 1. The third kappa shape index (κ3) is 2.95. The van der Waals surface area contributed by atoms with Crippen molar-refractivity contribution in [2.24, 2.45) is 5.73 Å².